The molecule has 1 saturated heterocycles. The van der Waals surface area contributed by atoms with Gasteiger partial charge in [0.05, 0.1) is 5.69 Å². The number of rotatable bonds is 8. The molecular formula is C26H35N5O2. The third-order valence-corrected chi connectivity index (χ3v) is 7.91. The van der Waals surface area contributed by atoms with Crippen LogP contribution >= 0.6 is 0 Å². The second-order valence-electron chi connectivity index (χ2n) is 10.2. The molecule has 1 unspecified atom stereocenters. The molecule has 2 aliphatic carbocycles. The van der Waals surface area contributed by atoms with Crippen LogP contribution in [0.5, 0.6) is 0 Å². The number of carbonyl (C=O) groups excluding carboxylic acids is 1. The number of aromatic nitrogens is 3. The fourth-order valence-corrected chi connectivity index (χ4v) is 5.74. The molecule has 3 fully saturated rings. The summed E-state index contributed by atoms with van der Waals surface area (Å²) in [4.78, 5) is 23.2. The molecule has 0 spiro atoms. The van der Waals surface area contributed by atoms with E-state index in [-0.39, 0.29) is 17.4 Å². The van der Waals surface area contributed by atoms with Crippen LogP contribution < -0.4 is 5.32 Å². The summed E-state index contributed by atoms with van der Waals surface area (Å²) in [5.74, 6) is 3.24. The Labute approximate surface area is 196 Å². The molecule has 5 rings (SSSR count). The zero-order chi connectivity index (χ0) is 22.8. The van der Waals surface area contributed by atoms with E-state index in [1.807, 2.05) is 6.92 Å². The van der Waals surface area contributed by atoms with Crippen LogP contribution in [0.25, 0.3) is 6.08 Å². The van der Waals surface area contributed by atoms with Gasteiger partial charge in [0.15, 0.2) is 0 Å². The molecule has 2 aromatic rings. The lowest BCUT2D eigenvalue weighted by Crippen LogP contribution is -2.37. The fraction of sp³-hybridized carbons (Fsp3) is 0.615. The van der Waals surface area contributed by atoms with Crippen molar-refractivity contribution in [3.8, 4) is 0 Å². The smallest absolute Gasteiger partial charge is 0.244 e. The first-order valence-electron chi connectivity index (χ1n) is 12.5. The van der Waals surface area contributed by atoms with Crippen LogP contribution in [0.15, 0.2) is 29.1 Å². The van der Waals surface area contributed by atoms with Crippen molar-refractivity contribution >= 4 is 12.0 Å². The average Bonchev–Trinajstić information content (AvgIpc) is 3.16. The van der Waals surface area contributed by atoms with Crippen LogP contribution in [0.2, 0.25) is 0 Å². The van der Waals surface area contributed by atoms with Gasteiger partial charge in [-0.05, 0) is 69.9 Å². The summed E-state index contributed by atoms with van der Waals surface area (Å²) in [6, 6.07) is 2.47. The molecule has 176 valence electrons. The lowest BCUT2D eigenvalue weighted by molar-refractivity contribution is -0.117. The van der Waals surface area contributed by atoms with Crippen molar-refractivity contribution in [3.05, 3.63) is 47.4 Å². The standard InChI is InChI=1S/C26H35N5O2/c1-3-23-12-24(30-33-23)26-13-21(26)16-31(17-26)11-10-19-4-7-22(8-5-19)29-25(32)9-6-20-14-27-18(2)28-15-20/h6,9,12,14-15,19,21-22H,3-5,7-8,10-11,13,16-17H2,1-2H3,(H,29,32)/b9-6+/t19?,21?,22?,26-/m0/s1. The van der Waals surface area contributed by atoms with Crippen LogP contribution in [-0.2, 0) is 16.6 Å². The average molecular weight is 450 g/mol. The Bertz CT molecular complexity index is 992. The van der Waals surface area contributed by atoms with E-state index < -0.39 is 0 Å². The number of aryl methyl sites for hydroxylation is 2. The van der Waals surface area contributed by atoms with Crippen LogP contribution in [-0.4, -0.2) is 51.6 Å². The van der Waals surface area contributed by atoms with Crippen molar-refractivity contribution < 1.29 is 9.32 Å². The summed E-state index contributed by atoms with van der Waals surface area (Å²) in [7, 11) is 0. The second-order valence-corrected chi connectivity index (χ2v) is 10.2. The van der Waals surface area contributed by atoms with Crippen molar-refractivity contribution in [2.75, 3.05) is 19.6 Å². The van der Waals surface area contributed by atoms with E-state index >= 15 is 0 Å². The van der Waals surface area contributed by atoms with E-state index in [0.29, 0.717) is 0 Å². The maximum atomic E-state index is 12.3. The van der Waals surface area contributed by atoms with E-state index in [2.05, 4.69) is 38.3 Å². The van der Waals surface area contributed by atoms with Crippen molar-refractivity contribution in [2.45, 2.75) is 70.3 Å². The summed E-state index contributed by atoms with van der Waals surface area (Å²) >= 11 is 0. The van der Waals surface area contributed by atoms with Crippen molar-refractivity contribution in [1.29, 1.82) is 0 Å². The molecule has 2 aromatic heterocycles. The number of nitrogens with one attached hydrogen (secondary N) is 1. The third-order valence-electron chi connectivity index (χ3n) is 7.91. The zero-order valence-electron chi connectivity index (χ0n) is 19.8. The van der Waals surface area contributed by atoms with Gasteiger partial charge in [-0.2, -0.15) is 0 Å². The summed E-state index contributed by atoms with van der Waals surface area (Å²) in [6.45, 7) is 7.49. The Hall–Kier alpha value is -2.54. The summed E-state index contributed by atoms with van der Waals surface area (Å²) in [5, 5.41) is 7.55. The minimum Gasteiger partial charge on any atom is -0.361 e. The lowest BCUT2D eigenvalue weighted by Gasteiger charge is -2.30. The van der Waals surface area contributed by atoms with Gasteiger partial charge in [0.2, 0.25) is 5.91 Å². The highest BCUT2D eigenvalue weighted by Crippen LogP contribution is 2.58. The van der Waals surface area contributed by atoms with Crippen molar-refractivity contribution in [3.63, 3.8) is 0 Å². The van der Waals surface area contributed by atoms with Gasteiger partial charge in [0.1, 0.15) is 11.6 Å². The molecule has 2 atom stereocenters. The number of piperidine rings is 1. The molecule has 0 bridgehead atoms. The second kappa shape index (κ2) is 9.37. The first-order valence-corrected chi connectivity index (χ1v) is 12.5. The molecule has 7 nitrogen and oxygen atoms in total. The fourth-order valence-electron chi connectivity index (χ4n) is 5.74. The molecule has 2 saturated carbocycles. The van der Waals surface area contributed by atoms with Gasteiger partial charge in [-0.3, -0.25) is 4.79 Å². The predicted molar refractivity (Wildman–Crippen MR) is 126 cm³/mol. The highest BCUT2D eigenvalue weighted by Gasteiger charge is 2.62. The highest BCUT2D eigenvalue weighted by molar-refractivity contribution is 5.91. The minimum atomic E-state index is -0.0281. The van der Waals surface area contributed by atoms with E-state index in [1.54, 1.807) is 24.5 Å². The Balaban J connectivity index is 1.02. The topological polar surface area (TPSA) is 84.2 Å². The monoisotopic (exact) mass is 449 g/mol. The third kappa shape index (κ3) is 5.03. The Kier molecular flexibility index (Phi) is 6.32. The largest absolute Gasteiger partial charge is 0.361 e. The van der Waals surface area contributed by atoms with Gasteiger partial charge in [-0.25, -0.2) is 9.97 Å². The van der Waals surface area contributed by atoms with Gasteiger partial charge < -0.3 is 14.7 Å². The number of carbonyl (C=O) groups is 1. The molecule has 1 N–H and O–H groups in total. The van der Waals surface area contributed by atoms with E-state index in [9.17, 15) is 4.79 Å². The lowest BCUT2D eigenvalue weighted by atomic mass is 9.84. The summed E-state index contributed by atoms with van der Waals surface area (Å²) in [5.41, 5.74) is 2.30. The van der Waals surface area contributed by atoms with E-state index in [1.165, 1.54) is 44.5 Å². The van der Waals surface area contributed by atoms with Gasteiger partial charge in [-0.1, -0.05) is 12.1 Å². The molecule has 3 heterocycles. The molecular weight excluding hydrogens is 414 g/mol. The van der Waals surface area contributed by atoms with Gasteiger partial charge in [0.25, 0.3) is 0 Å². The number of nitrogens with zero attached hydrogens (tertiary/aromatic N) is 4. The van der Waals surface area contributed by atoms with Crippen LogP contribution in [0.1, 0.15) is 68.3 Å². The van der Waals surface area contributed by atoms with E-state index in [4.69, 9.17) is 4.52 Å². The maximum absolute atomic E-state index is 12.3. The Morgan fingerprint density at radius 3 is 2.79 bits per heavy atom. The first-order chi connectivity index (χ1) is 16.0. The molecule has 7 heteroatoms. The molecule has 3 aliphatic rings. The number of amides is 1. The number of hydrogen-bond acceptors (Lipinski definition) is 6. The maximum Gasteiger partial charge on any atom is 0.244 e. The molecule has 1 aliphatic heterocycles. The quantitative estimate of drug-likeness (QED) is 0.619. The molecule has 33 heavy (non-hydrogen) atoms. The molecule has 1 amide bonds. The van der Waals surface area contributed by atoms with Gasteiger partial charge in [0, 0.05) is 61.1 Å². The Morgan fingerprint density at radius 1 is 1.27 bits per heavy atom. The normalized spacial score (nSPS) is 29.3. The van der Waals surface area contributed by atoms with Gasteiger partial charge >= 0.3 is 0 Å². The van der Waals surface area contributed by atoms with Crippen LogP contribution in [0.4, 0.5) is 0 Å². The van der Waals surface area contributed by atoms with Crippen LogP contribution in [0, 0.1) is 18.8 Å². The SMILES string of the molecule is CCc1cc([C@]23CC2CN(CCC2CCC(NC(=O)/C=C/c4cnc(C)nc4)CC2)C3)no1. The molecule has 0 aromatic carbocycles. The first kappa shape index (κ1) is 22.3. The van der Waals surface area contributed by atoms with Crippen LogP contribution in [0.3, 0.4) is 0 Å². The predicted octanol–water partition coefficient (Wildman–Crippen LogP) is 3.69. The Morgan fingerprint density at radius 2 is 2.06 bits per heavy atom. The number of likely N-dealkylation sites (tertiary alicyclic amines) is 1. The molecule has 0 radical (unpaired) electrons. The summed E-state index contributed by atoms with van der Waals surface area (Å²) in [6.07, 6.45) is 14.8. The highest BCUT2D eigenvalue weighted by atomic mass is 16.5. The van der Waals surface area contributed by atoms with Crippen molar-refractivity contribution in [2.24, 2.45) is 11.8 Å². The van der Waals surface area contributed by atoms with Crippen molar-refractivity contribution in [1.82, 2.24) is 25.3 Å². The van der Waals surface area contributed by atoms with E-state index in [0.717, 1.165) is 54.8 Å². The summed E-state index contributed by atoms with van der Waals surface area (Å²) < 4.78 is 5.48. The number of fused-ring (bicyclic) bond motifs is 1. The van der Waals surface area contributed by atoms with Gasteiger partial charge in [-0.15, -0.1) is 0 Å². The zero-order valence-corrected chi connectivity index (χ0v) is 19.8. The number of hydrogen-bond donors (Lipinski definition) is 1. The minimum absolute atomic E-state index is 0.0281.